The van der Waals surface area contributed by atoms with E-state index >= 15 is 0 Å². The Labute approximate surface area is 124 Å². The fraction of sp³-hybridized carbons (Fsp3) is 0.235. The van der Waals surface area contributed by atoms with E-state index in [-0.39, 0.29) is 5.84 Å². The molecule has 0 fully saturated rings. The van der Waals surface area contributed by atoms with Gasteiger partial charge in [-0.1, -0.05) is 43.3 Å². The lowest BCUT2D eigenvalue weighted by Crippen LogP contribution is -2.14. The molecule has 0 radical (unpaired) electrons. The fourth-order valence-electron chi connectivity index (χ4n) is 2.10. The van der Waals surface area contributed by atoms with Crippen molar-refractivity contribution in [1.82, 2.24) is 0 Å². The van der Waals surface area contributed by atoms with Crippen LogP contribution in [0.25, 0.3) is 0 Å². The Morgan fingerprint density at radius 1 is 1.19 bits per heavy atom. The number of nitrogens with two attached hydrogens (primary N) is 1. The average Bonchev–Trinajstić information content (AvgIpc) is 2.48. The third-order valence-electron chi connectivity index (χ3n) is 3.34. The second-order valence-corrected chi connectivity index (χ2v) is 5.27. The van der Waals surface area contributed by atoms with Gasteiger partial charge < -0.3 is 15.7 Å². The van der Waals surface area contributed by atoms with E-state index in [1.54, 1.807) is 6.07 Å². The van der Waals surface area contributed by atoms with Crippen molar-refractivity contribution < 1.29 is 9.94 Å². The first-order valence-corrected chi connectivity index (χ1v) is 6.88. The summed E-state index contributed by atoms with van der Waals surface area (Å²) >= 11 is 0. The van der Waals surface area contributed by atoms with E-state index in [9.17, 15) is 0 Å². The molecule has 0 bridgehead atoms. The maximum atomic E-state index is 8.89. The first-order chi connectivity index (χ1) is 10.0. The molecule has 0 aliphatic heterocycles. The van der Waals surface area contributed by atoms with Crippen LogP contribution in [0.3, 0.4) is 0 Å². The number of nitrogens with zero attached hydrogens (tertiary/aromatic N) is 1. The molecule has 0 saturated heterocycles. The molecule has 0 aromatic heterocycles. The summed E-state index contributed by atoms with van der Waals surface area (Å²) in [6.45, 7) is 6.19. The standard InChI is InChI=1S/C17H20N2O2/c1-11(2)13-7-5-8-14(10-13)21-16-12(3)6-4-9-15(16)17(18)19-20/h4-11,20H,1-3H3,(H2,18,19). The van der Waals surface area contributed by atoms with Gasteiger partial charge in [0, 0.05) is 0 Å². The summed E-state index contributed by atoms with van der Waals surface area (Å²) in [5, 5.41) is 12.0. The van der Waals surface area contributed by atoms with Crippen LogP contribution in [0.4, 0.5) is 0 Å². The zero-order valence-electron chi connectivity index (χ0n) is 12.5. The number of oxime groups is 1. The Bertz CT molecular complexity index is 664. The topological polar surface area (TPSA) is 67.8 Å². The molecule has 0 amide bonds. The van der Waals surface area contributed by atoms with E-state index in [0.29, 0.717) is 17.2 Å². The van der Waals surface area contributed by atoms with Crippen LogP contribution >= 0.6 is 0 Å². The Balaban J connectivity index is 2.42. The number of para-hydroxylation sites is 1. The van der Waals surface area contributed by atoms with Crippen LogP contribution in [-0.2, 0) is 0 Å². The zero-order chi connectivity index (χ0) is 15.4. The lowest BCUT2D eigenvalue weighted by atomic mass is 10.0. The maximum Gasteiger partial charge on any atom is 0.173 e. The van der Waals surface area contributed by atoms with Crippen molar-refractivity contribution in [1.29, 1.82) is 0 Å². The molecule has 110 valence electrons. The highest BCUT2D eigenvalue weighted by molar-refractivity contribution is 6.00. The van der Waals surface area contributed by atoms with Crippen molar-refractivity contribution in [2.24, 2.45) is 10.9 Å². The number of hydrogen-bond donors (Lipinski definition) is 2. The minimum absolute atomic E-state index is 0.0358. The second-order valence-electron chi connectivity index (χ2n) is 5.27. The number of aryl methyl sites for hydroxylation is 1. The predicted octanol–water partition coefficient (Wildman–Crippen LogP) is 4.01. The molecular formula is C17H20N2O2. The molecule has 2 aromatic rings. The molecule has 0 unspecified atom stereocenters. The van der Waals surface area contributed by atoms with Crippen molar-refractivity contribution in [3.63, 3.8) is 0 Å². The van der Waals surface area contributed by atoms with E-state index < -0.39 is 0 Å². The highest BCUT2D eigenvalue weighted by Gasteiger charge is 2.12. The number of rotatable bonds is 4. The Hall–Kier alpha value is -2.49. The Kier molecular flexibility index (Phi) is 4.48. The van der Waals surface area contributed by atoms with Crippen LogP contribution in [0.1, 0.15) is 36.5 Å². The quantitative estimate of drug-likeness (QED) is 0.386. The molecule has 4 heteroatoms. The predicted molar refractivity (Wildman–Crippen MR) is 84.3 cm³/mol. The van der Waals surface area contributed by atoms with Gasteiger partial charge in [0.2, 0.25) is 0 Å². The number of ether oxygens (including phenoxy) is 1. The summed E-state index contributed by atoms with van der Waals surface area (Å²) in [5.74, 6) is 1.80. The van der Waals surface area contributed by atoms with Crippen LogP contribution in [0.2, 0.25) is 0 Å². The van der Waals surface area contributed by atoms with Crippen molar-refractivity contribution in [3.05, 3.63) is 59.2 Å². The van der Waals surface area contributed by atoms with Gasteiger partial charge in [0.25, 0.3) is 0 Å². The number of amidine groups is 1. The largest absolute Gasteiger partial charge is 0.456 e. The van der Waals surface area contributed by atoms with Crippen LogP contribution < -0.4 is 10.5 Å². The molecule has 0 aliphatic rings. The van der Waals surface area contributed by atoms with E-state index in [1.165, 1.54) is 5.56 Å². The minimum Gasteiger partial charge on any atom is -0.456 e. The smallest absolute Gasteiger partial charge is 0.173 e. The maximum absolute atomic E-state index is 8.89. The molecule has 0 aliphatic carbocycles. The van der Waals surface area contributed by atoms with Crippen LogP contribution in [0.15, 0.2) is 47.6 Å². The monoisotopic (exact) mass is 284 g/mol. The van der Waals surface area contributed by atoms with Crippen LogP contribution in [0.5, 0.6) is 11.5 Å². The van der Waals surface area contributed by atoms with Crippen molar-refractivity contribution in [2.45, 2.75) is 26.7 Å². The van der Waals surface area contributed by atoms with Gasteiger partial charge in [0.1, 0.15) is 11.5 Å². The summed E-state index contributed by atoms with van der Waals surface area (Å²) in [6.07, 6.45) is 0. The SMILES string of the molecule is Cc1cccc(/C(N)=N/O)c1Oc1cccc(C(C)C)c1. The lowest BCUT2D eigenvalue weighted by Gasteiger charge is -2.14. The Morgan fingerprint density at radius 2 is 1.90 bits per heavy atom. The third kappa shape index (κ3) is 3.34. The average molecular weight is 284 g/mol. The molecule has 2 rings (SSSR count). The number of benzene rings is 2. The summed E-state index contributed by atoms with van der Waals surface area (Å²) in [6, 6.07) is 13.5. The lowest BCUT2D eigenvalue weighted by molar-refractivity contribution is 0.318. The first-order valence-electron chi connectivity index (χ1n) is 6.88. The molecule has 0 saturated carbocycles. The Morgan fingerprint density at radius 3 is 2.57 bits per heavy atom. The van der Waals surface area contributed by atoms with Gasteiger partial charge in [-0.05, 0) is 42.2 Å². The molecular weight excluding hydrogens is 264 g/mol. The van der Waals surface area contributed by atoms with Crippen molar-refractivity contribution in [2.75, 3.05) is 0 Å². The first kappa shape index (κ1) is 14.9. The minimum atomic E-state index is 0.0358. The van der Waals surface area contributed by atoms with E-state index in [4.69, 9.17) is 15.7 Å². The van der Waals surface area contributed by atoms with Crippen molar-refractivity contribution >= 4 is 5.84 Å². The zero-order valence-corrected chi connectivity index (χ0v) is 12.5. The van der Waals surface area contributed by atoms with Gasteiger partial charge in [-0.3, -0.25) is 0 Å². The van der Waals surface area contributed by atoms with Gasteiger partial charge in [0.05, 0.1) is 5.56 Å². The van der Waals surface area contributed by atoms with Crippen molar-refractivity contribution in [3.8, 4) is 11.5 Å². The summed E-state index contributed by atoms with van der Waals surface area (Å²) in [7, 11) is 0. The van der Waals surface area contributed by atoms with Crippen LogP contribution in [0, 0.1) is 6.92 Å². The molecule has 0 spiro atoms. The second kappa shape index (κ2) is 6.31. The summed E-state index contributed by atoms with van der Waals surface area (Å²) in [4.78, 5) is 0. The third-order valence-corrected chi connectivity index (χ3v) is 3.34. The normalized spacial score (nSPS) is 11.7. The molecule has 4 nitrogen and oxygen atoms in total. The molecule has 21 heavy (non-hydrogen) atoms. The van der Waals surface area contributed by atoms with Gasteiger partial charge in [-0.15, -0.1) is 0 Å². The van der Waals surface area contributed by atoms with Gasteiger partial charge in [-0.25, -0.2) is 0 Å². The summed E-state index contributed by atoms with van der Waals surface area (Å²) < 4.78 is 5.98. The molecule has 2 aromatic carbocycles. The van der Waals surface area contributed by atoms with Gasteiger partial charge in [-0.2, -0.15) is 0 Å². The van der Waals surface area contributed by atoms with E-state index in [1.807, 2.05) is 37.3 Å². The van der Waals surface area contributed by atoms with E-state index in [2.05, 4.69) is 25.1 Å². The number of hydrogen-bond acceptors (Lipinski definition) is 3. The highest BCUT2D eigenvalue weighted by atomic mass is 16.5. The van der Waals surface area contributed by atoms with Crippen LogP contribution in [-0.4, -0.2) is 11.0 Å². The molecule has 3 N–H and O–H groups in total. The van der Waals surface area contributed by atoms with E-state index in [0.717, 1.165) is 11.3 Å². The summed E-state index contributed by atoms with van der Waals surface area (Å²) in [5.41, 5.74) is 8.42. The molecule has 0 atom stereocenters. The van der Waals surface area contributed by atoms with Gasteiger partial charge >= 0.3 is 0 Å². The molecule has 0 heterocycles. The van der Waals surface area contributed by atoms with Gasteiger partial charge in [0.15, 0.2) is 5.84 Å². The highest BCUT2D eigenvalue weighted by Crippen LogP contribution is 2.30. The fourth-order valence-corrected chi connectivity index (χ4v) is 2.10.